The average Bonchev–Trinajstić information content (AvgIpc) is 2.38. The molecule has 0 aliphatic carbocycles. The molecule has 0 fully saturated rings. The normalized spacial score (nSPS) is 11.3. The first kappa shape index (κ1) is 24.3. The number of hydrogen-bond acceptors (Lipinski definition) is 2. The van der Waals surface area contributed by atoms with Crippen molar-refractivity contribution in [3.8, 4) is 0 Å². The summed E-state index contributed by atoms with van der Waals surface area (Å²) in [4.78, 5) is 0. The molecule has 0 unspecified atom stereocenters. The summed E-state index contributed by atoms with van der Waals surface area (Å²) in [6, 6.07) is 0. The Kier molecular flexibility index (Phi) is 21.0. The van der Waals surface area contributed by atoms with Crippen molar-refractivity contribution in [2.75, 3.05) is 12.3 Å². The zero-order valence-corrected chi connectivity index (χ0v) is 18.7. The zero-order chi connectivity index (χ0) is 14.4. The Bertz CT molecular complexity index is 215. The van der Waals surface area contributed by atoms with Gasteiger partial charge in [-0.2, -0.15) is 5.24 Å². The summed E-state index contributed by atoms with van der Waals surface area (Å²) in [6.07, 6.45) is 18.6. The van der Waals surface area contributed by atoms with E-state index in [-0.39, 0.29) is 29.6 Å². The van der Waals surface area contributed by atoms with E-state index in [1.807, 2.05) is 0 Å². The molecule has 20 heavy (non-hydrogen) atoms. The quantitative estimate of drug-likeness (QED) is 0.204. The molecule has 0 saturated heterocycles. The second kappa shape index (κ2) is 17.4. The van der Waals surface area contributed by atoms with E-state index in [4.69, 9.17) is 24.1 Å². The molecule has 116 valence electrons. The minimum Gasteiger partial charge on any atom is -0.746 e. The van der Waals surface area contributed by atoms with Gasteiger partial charge in [-0.05, 0) is 12.3 Å². The molecule has 0 atom stereocenters. The molecule has 0 nitrogen and oxygen atoms in total. The van der Waals surface area contributed by atoms with Crippen LogP contribution in [0.15, 0.2) is 0 Å². The van der Waals surface area contributed by atoms with Gasteiger partial charge in [0, 0.05) is 0 Å². The second-order valence-electron chi connectivity index (χ2n) is 5.80. The summed E-state index contributed by atoms with van der Waals surface area (Å²) >= 11 is 11.3. The van der Waals surface area contributed by atoms with Crippen LogP contribution in [-0.2, 0) is 24.1 Å². The van der Waals surface area contributed by atoms with Crippen LogP contribution >= 0.6 is 5.24 Å². The maximum atomic E-state index is 5.67. The molecular weight excluding hydrogens is 310 g/mol. The fourth-order valence-corrected chi connectivity index (χ4v) is 5.56. The molecule has 0 saturated carbocycles. The third-order valence-electron chi connectivity index (χ3n) is 3.70. The second-order valence-corrected chi connectivity index (χ2v) is 13.2. The molecule has 0 rings (SSSR count). The van der Waals surface area contributed by atoms with Gasteiger partial charge in [-0.1, -0.05) is 90.9 Å². The summed E-state index contributed by atoms with van der Waals surface area (Å²) in [6.45, 7) is 4.53. The predicted molar refractivity (Wildman–Crippen MR) is 98.1 cm³/mol. The maximum absolute atomic E-state index is 5.67. The van der Waals surface area contributed by atoms with Crippen molar-refractivity contribution in [2.45, 2.75) is 90.9 Å². The summed E-state index contributed by atoms with van der Waals surface area (Å²) in [5.74, 6) is 0. The maximum Gasteiger partial charge on any atom is 1.00 e. The van der Waals surface area contributed by atoms with Crippen molar-refractivity contribution in [3.63, 3.8) is 0 Å². The third-order valence-corrected chi connectivity index (χ3v) is 7.89. The molecule has 0 aliphatic heterocycles. The van der Waals surface area contributed by atoms with Crippen LogP contribution in [0.4, 0.5) is 0 Å². The summed E-state index contributed by atoms with van der Waals surface area (Å²) in [5.41, 5.74) is 0. The SMILES string of the molecule is CCCCCCCCP(=S)([S-])CCCCCCCC.[Na+]. The van der Waals surface area contributed by atoms with Gasteiger partial charge in [0.25, 0.3) is 0 Å². The molecule has 0 aromatic rings. The molecule has 0 N–H and O–H groups in total. The molecule has 0 aliphatic rings. The first-order chi connectivity index (χ1) is 9.12. The molecular formula is C16H34NaPS2. The first-order valence-corrected chi connectivity index (χ1v) is 12.6. The number of rotatable bonds is 14. The van der Waals surface area contributed by atoms with Gasteiger partial charge >= 0.3 is 29.6 Å². The Morgan fingerprint density at radius 3 is 1.30 bits per heavy atom. The smallest absolute Gasteiger partial charge is 0.746 e. The van der Waals surface area contributed by atoms with Gasteiger partial charge in [-0.3, -0.25) is 0 Å². The van der Waals surface area contributed by atoms with Crippen LogP contribution in [0.25, 0.3) is 0 Å². The molecule has 0 aromatic heterocycles. The fraction of sp³-hybridized carbons (Fsp3) is 1.00. The first-order valence-electron chi connectivity index (χ1n) is 8.41. The van der Waals surface area contributed by atoms with Gasteiger partial charge in [0.2, 0.25) is 0 Å². The van der Waals surface area contributed by atoms with Gasteiger partial charge in [-0.25, -0.2) is 0 Å². The van der Waals surface area contributed by atoms with Crippen LogP contribution in [0.1, 0.15) is 90.9 Å². The zero-order valence-electron chi connectivity index (χ0n) is 14.2. The van der Waals surface area contributed by atoms with Crippen molar-refractivity contribution < 1.29 is 29.6 Å². The van der Waals surface area contributed by atoms with E-state index in [0.29, 0.717) is 0 Å². The Balaban J connectivity index is 0. The van der Waals surface area contributed by atoms with Crippen LogP contribution in [-0.4, -0.2) is 12.3 Å². The monoisotopic (exact) mass is 344 g/mol. The van der Waals surface area contributed by atoms with E-state index in [9.17, 15) is 0 Å². The molecule has 0 amide bonds. The van der Waals surface area contributed by atoms with Crippen LogP contribution in [0, 0.1) is 0 Å². The molecule has 0 aromatic carbocycles. The van der Waals surface area contributed by atoms with Crippen molar-refractivity contribution in [1.29, 1.82) is 0 Å². The fourth-order valence-electron chi connectivity index (χ4n) is 2.38. The van der Waals surface area contributed by atoms with Crippen LogP contribution < -0.4 is 29.6 Å². The van der Waals surface area contributed by atoms with Gasteiger partial charge in [0.15, 0.2) is 0 Å². The van der Waals surface area contributed by atoms with Gasteiger partial charge < -0.3 is 12.2 Å². The predicted octanol–water partition coefficient (Wildman–Crippen LogP) is 3.65. The Labute approximate surface area is 161 Å². The standard InChI is InChI=1S/C16H35PS2.Na/c1-3-5-7-9-11-13-15-17(18,19)16-14-12-10-8-6-4-2;/h3-16H2,1-2H3,(H,18,19);/q;+1/p-1. The summed E-state index contributed by atoms with van der Waals surface area (Å²) in [7, 11) is 0. The molecule has 0 radical (unpaired) electrons. The van der Waals surface area contributed by atoms with E-state index in [0.717, 1.165) is 0 Å². The Morgan fingerprint density at radius 1 is 0.650 bits per heavy atom. The summed E-state index contributed by atoms with van der Waals surface area (Å²) in [5, 5.41) is -1.39. The Hall–Kier alpha value is 2.00. The van der Waals surface area contributed by atoms with Crippen LogP contribution in [0.2, 0.25) is 0 Å². The van der Waals surface area contributed by atoms with E-state index in [2.05, 4.69) is 13.8 Å². The molecule has 4 heteroatoms. The number of unbranched alkanes of at least 4 members (excludes halogenated alkanes) is 10. The van der Waals surface area contributed by atoms with Gasteiger partial charge in [-0.15, -0.1) is 11.8 Å². The molecule has 0 spiro atoms. The van der Waals surface area contributed by atoms with Crippen molar-refractivity contribution in [1.82, 2.24) is 0 Å². The van der Waals surface area contributed by atoms with Crippen LogP contribution in [0.3, 0.4) is 0 Å². The van der Waals surface area contributed by atoms with Gasteiger partial charge in [0.1, 0.15) is 0 Å². The van der Waals surface area contributed by atoms with E-state index >= 15 is 0 Å². The average molecular weight is 345 g/mol. The van der Waals surface area contributed by atoms with Crippen LogP contribution in [0.5, 0.6) is 0 Å². The largest absolute Gasteiger partial charge is 1.00 e. The molecule has 0 heterocycles. The van der Waals surface area contributed by atoms with E-state index < -0.39 is 5.24 Å². The Morgan fingerprint density at radius 2 is 0.950 bits per heavy atom. The third kappa shape index (κ3) is 18.1. The minimum atomic E-state index is -1.39. The van der Waals surface area contributed by atoms with Crippen molar-refractivity contribution in [3.05, 3.63) is 0 Å². The minimum absolute atomic E-state index is 0. The van der Waals surface area contributed by atoms with E-state index in [1.165, 1.54) is 89.4 Å². The van der Waals surface area contributed by atoms with E-state index in [1.54, 1.807) is 0 Å². The molecule has 0 bridgehead atoms. The van der Waals surface area contributed by atoms with Crippen molar-refractivity contribution in [2.24, 2.45) is 0 Å². The van der Waals surface area contributed by atoms with Crippen molar-refractivity contribution >= 4 is 29.3 Å². The number of hydrogen-bond donors (Lipinski definition) is 0. The summed E-state index contributed by atoms with van der Waals surface area (Å²) < 4.78 is 0. The topological polar surface area (TPSA) is 0 Å². The van der Waals surface area contributed by atoms with Gasteiger partial charge in [0.05, 0.1) is 0 Å².